The second kappa shape index (κ2) is 11.3. The molecule has 0 aliphatic rings. The first-order valence-corrected chi connectivity index (χ1v) is 12.7. The molecule has 0 heterocycles. The maximum Gasteiger partial charge on any atom is 0.429 e. The zero-order valence-electron chi connectivity index (χ0n) is 22.0. The third-order valence-electron chi connectivity index (χ3n) is 6.82. The van der Waals surface area contributed by atoms with Gasteiger partial charge in [0.25, 0.3) is 0 Å². The third-order valence-corrected chi connectivity index (χ3v) is 6.82. The van der Waals surface area contributed by atoms with Crippen molar-refractivity contribution in [2.24, 2.45) is 0 Å². The van der Waals surface area contributed by atoms with Gasteiger partial charge >= 0.3 is 6.11 Å². The minimum Gasteiger partial charge on any atom is -0.426 e. The van der Waals surface area contributed by atoms with Gasteiger partial charge in [0.1, 0.15) is 11.4 Å². The van der Waals surface area contributed by atoms with Crippen LogP contribution >= 0.6 is 0 Å². The molecule has 0 spiro atoms. The van der Waals surface area contributed by atoms with E-state index in [0.29, 0.717) is 24.3 Å². The van der Waals surface area contributed by atoms with Gasteiger partial charge in [-0.15, -0.1) is 0 Å². The van der Waals surface area contributed by atoms with Gasteiger partial charge in [0.2, 0.25) is 5.82 Å². The van der Waals surface area contributed by atoms with E-state index in [-0.39, 0.29) is 11.1 Å². The van der Waals surface area contributed by atoms with Crippen LogP contribution in [0.15, 0.2) is 66.7 Å². The molecule has 0 atom stereocenters. The minimum atomic E-state index is -4.73. The van der Waals surface area contributed by atoms with Crippen LogP contribution in [0.25, 0.3) is 33.0 Å². The lowest BCUT2D eigenvalue weighted by atomic mass is 9.99. The maximum absolute atomic E-state index is 15.2. The van der Waals surface area contributed by atoms with Gasteiger partial charge in [-0.05, 0) is 52.8 Å². The Morgan fingerprint density at radius 2 is 1.19 bits per heavy atom. The van der Waals surface area contributed by atoms with Gasteiger partial charge in [-0.2, -0.15) is 13.2 Å². The van der Waals surface area contributed by atoms with E-state index >= 15 is 13.2 Å². The molecule has 0 radical (unpaired) electrons. The van der Waals surface area contributed by atoms with E-state index in [9.17, 15) is 30.7 Å². The molecule has 0 fully saturated rings. The maximum atomic E-state index is 15.2. The smallest absolute Gasteiger partial charge is 0.426 e. The van der Waals surface area contributed by atoms with Crippen LogP contribution in [0, 0.1) is 46.5 Å². The number of fused-ring (bicyclic) bond motifs is 1. The molecule has 1 nitrogen and oxygen atoms in total. The van der Waals surface area contributed by atoms with Crippen LogP contribution in [-0.2, 0) is 12.5 Å². The third kappa shape index (κ3) is 5.39. The highest BCUT2D eigenvalue weighted by Crippen LogP contribution is 2.41. The van der Waals surface area contributed by atoms with Gasteiger partial charge in [-0.1, -0.05) is 55.8 Å². The number of ether oxygens (including phenoxy) is 1. The van der Waals surface area contributed by atoms with Crippen molar-refractivity contribution in [3.63, 3.8) is 0 Å². The molecule has 0 aromatic heterocycles. The summed E-state index contributed by atoms with van der Waals surface area (Å²) in [5.41, 5.74) is -2.00. The fourth-order valence-corrected chi connectivity index (χ4v) is 4.70. The second-order valence-electron chi connectivity index (χ2n) is 9.64. The average molecular weight is 608 g/mol. The number of aryl methyl sites for hydroxylation is 1. The summed E-state index contributed by atoms with van der Waals surface area (Å²) in [6, 6.07) is 10.9. The lowest BCUT2D eigenvalue weighted by Gasteiger charge is -2.21. The van der Waals surface area contributed by atoms with E-state index in [2.05, 4.69) is 4.74 Å². The number of benzene rings is 5. The van der Waals surface area contributed by atoms with Gasteiger partial charge in [-0.3, -0.25) is 0 Å². The van der Waals surface area contributed by atoms with Crippen LogP contribution in [0.5, 0.6) is 5.75 Å². The van der Waals surface area contributed by atoms with Gasteiger partial charge in [0, 0.05) is 11.1 Å². The zero-order chi connectivity index (χ0) is 31.2. The Bertz CT molecular complexity index is 1840. The van der Waals surface area contributed by atoms with Crippen molar-refractivity contribution in [2.75, 3.05) is 0 Å². The molecule has 0 saturated carbocycles. The van der Waals surface area contributed by atoms with E-state index in [1.165, 1.54) is 12.1 Å². The number of hydrogen-bond acceptors (Lipinski definition) is 1. The molecule has 0 saturated heterocycles. The summed E-state index contributed by atoms with van der Waals surface area (Å²) >= 11 is 0. The molecule has 43 heavy (non-hydrogen) atoms. The highest BCUT2D eigenvalue weighted by Gasteiger charge is 2.41. The summed E-state index contributed by atoms with van der Waals surface area (Å²) in [6.45, 7) is 1.96. The Labute approximate surface area is 238 Å². The van der Waals surface area contributed by atoms with Crippen LogP contribution in [0.3, 0.4) is 0 Å². The predicted molar refractivity (Wildman–Crippen MR) is 139 cm³/mol. The topological polar surface area (TPSA) is 9.23 Å². The fraction of sp³-hybridized carbons (Fsp3) is 0.125. The number of hydrogen-bond donors (Lipinski definition) is 0. The molecule has 0 unspecified atom stereocenters. The van der Waals surface area contributed by atoms with Crippen molar-refractivity contribution < 1.29 is 48.6 Å². The van der Waals surface area contributed by atoms with Crippen LogP contribution in [0.2, 0.25) is 0 Å². The molecule has 11 heteroatoms. The van der Waals surface area contributed by atoms with Gasteiger partial charge in [0.05, 0.1) is 5.39 Å². The molecule has 0 N–H and O–H groups in total. The molecule has 0 aliphatic carbocycles. The summed E-state index contributed by atoms with van der Waals surface area (Å²) in [7, 11) is 0. The quantitative estimate of drug-likeness (QED) is 0.132. The SMILES string of the molecule is CCCc1ccc(-c2ccc(C(F)(F)Oc3cc4ccc(-c5cc(F)c(F)c(F)c5)c(F)c4c(F)c3F)c(F)c2F)cc1. The Hall–Kier alpha value is -4.54. The highest BCUT2D eigenvalue weighted by molar-refractivity contribution is 5.90. The molecule has 5 rings (SSSR count). The highest BCUT2D eigenvalue weighted by atomic mass is 19.3. The molecule has 5 aromatic carbocycles. The van der Waals surface area contributed by atoms with E-state index in [4.69, 9.17) is 0 Å². The predicted octanol–water partition coefficient (Wildman–Crippen LogP) is 10.4. The van der Waals surface area contributed by atoms with Crippen molar-refractivity contribution in [1.82, 2.24) is 0 Å². The van der Waals surface area contributed by atoms with E-state index in [1.807, 2.05) is 6.92 Å². The summed E-state index contributed by atoms with van der Waals surface area (Å²) in [4.78, 5) is 0. The lowest BCUT2D eigenvalue weighted by Crippen LogP contribution is -2.25. The summed E-state index contributed by atoms with van der Waals surface area (Å²) in [6.07, 6.45) is -3.13. The zero-order valence-corrected chi connectivity index (χ0v) is 22.0. The van der Waals surface area contributed by atoms with Crippen molar-refractivity contribution in [1.29, 1.82) is 0 Å². The summed E-state index contributed by atoms with van der Waals surface area (Å²) in [5, 5.41) is -1.62. The Morgan fingerprint density at radius 1 is 0.581 bits per heavy atom. The summed E-state index contributed by atoms with van der Waals surface area (Å²) < 4.78 is 150. The monoisotopic (exact) mass is 608 g/mol. The van der Waals surface area contributed by atoms with Crippen LogP contribution in [0.4, 0.5) is 43.9 Å². The Kier molecular flexibility index (Phi) is 7.85. The van der Waals surface area contributed by atoms with Crippen molar-refractivity contribution in [2.45, 2.75) is 25.9 Å². The Balaban J connectivity index is 1.51. The summed E-state index contributed by atoms with van der Waals surface area (Å²) in [5.74, 6) is -15.9. The molecular formula is C32H18F10O. The number of halogens is 10. The lowest BCUT2D eigenvalue weighted by molar-refractivity contribution is -0.189. The van der Waals surface area contributed by atoms with E-state index in [0.717, 1.165) is 36.6 Å². The fourth-order valence-electron chi connectivity index (χ4n) is 4.70. The minimum absolute atomic E-state index is 0.210. The van der Waals surface area contributed by atoms with Gasteiger partial charge in [-0.25, -0.2) is 30.7 Å². The molecule has 0 bridgehead atoms. The standard InChI is InChI=1S/C32H18F10O/c1-2-3-15-4-6-16(7-5-15)19-10-11-21(28(37)27(19)36)32(41,42)43-24-14-17-8-9-20(26(35)25(17)31(40)30(24)39)18-12-22(33)29(38)23(34)13-18/h4-14H,2-3H2,1H3. The molecule has 0 aliphatic heterocycles. The first-order valence-electron chi connectivity index (χ1n) is 12.7. The Morgan fingerprint density at radius 3 is 1.81 bits per heavy atom. The molecule has 5 aromatic rings. The van der Waals surface area contributed by atoms with Crippen LogP contribution < -0.4 is 4.74 Å². The average Bonchev–Trinajstić information content (AvgIpc) is 2.96. The van der Waals surface area contributed by atoms with E-state index in [1.54, 1.807) is 12.1 Å². The first kappa shape index (κ1) is 29.9. The number of alkyl halides is 2. The van der Waals surface area contributed by atoms with Crippen molar-refractivity contribution in [3.05, 3.63) is 124 Å². The van der Waals surface area contributed by atoms with E-state index < -0.39 is 85.9 Å². The second-order valence-corrected chi connectivity index (χ2v) is 9.64. The van der Waals surface area contributed by atoms with Crippen LogP contribution in [0.1, 0.15) is 24.5 Å². The number of rotatable bonds is 7. The van der Waals surface area contributed by atoms with Crippen LogP contribution in [-0.4, -0.2) is 0 Å². The molecular weight excluding hydrogens is 590 g/mol. The van der Waals surface area contributed by atoms with Crippen molar-refractivity contribution >= 4 is 10.8 Å². The first-order chi connectivity index (χ1) is 20.3. The normalized spacial score (nSPS) is 11.8. The largest absolute Gasteiger partial charge is 0.429 e. The van der Waals surface area contributed by atoms with Crippen molar-refractivity contribution in [3.8, 4) is 28.0 Å². The molecule has 0 amide bonds. The molecule has 222 valence electrons. The van der Waals surface area contributed by atoms with Gasteiger partial charge in [0.15, 0.2) is 40.7 Å². The van der Waals surface area contributed by atoms with Gasteiger partial charge < -0.3 is 4.74 Å².